The quantitative estimate of drug-likeness (QED) is 0.880. The molecular weight excluding hydrogens is 256 g/mol. The van der Waals surface area contributed by atoms with Crippen LogP contribution >= 0.6 is 0 Å². The van der Waals surface area contributed by atoms with Gasteiger partial charge in [0, 0.05) is 6.07 Å². The van der Waals surface area contributed by atoms with Crippen molar-refractivity contribution in [2.45, 2.75) is 6.42 Å². The summed E-state index contributed by atoms with van der Waals surface area (Å²) in [5.41, 5.74) is 1.49. The van der Waals surface area contributed by atoms with Gasteiger partial charge in [-0.25, -0.2) is 0 Å². The Morgan fingerprint density at radius 1 is 1.05 bits per heavy atom. The van der Waals surface area contributed by atoms with Crippen molar-refractivity contribution in [1.82, 2.24) is 0 Å². The Morgan fingerprint density at radius 2 is 1.75 bits per heavy atom. The maximum Gasteiger partial charge on any atom is 0.173 e. The van der Waals surface area contributed by atoms with Gasteiger partial charge in [-0.05, 0) is 36.2 Å². The van der Waals surface area contributed by atoms with Crippen molar-refractivity contribution in [2.24, 2.45) is 5.92 Å². The van der Waals surface area contributed by atoms with Crippen LogP contribution in [0.5, 0.6) is 17.2 Å². The maximum absolute atomic E-state index is 12.4. The molecule has 0 saturated heterocycles. The highest BCUT2D eigenvalue weighted by Gasteiger charge is 2.29. The molecule has 0 saturated carbocycles. The van der Waals surface area contributed by atoms with Crippen LogP contribution in [0.15, 0.2) is 42.5 Å². The molecule has 3 rings (SSSR count). The molecule has 0 aliphatic carbocycles. The van der Waals surface area contributed by atoms with Gasteiger partial charge in [0.15, 0.2) is 5.78 Å². The van der Waals surface area contributed by atoms with Crippen LogP contribution in [0.2, 0.25) is 0 Å². The molecule has 1 heterocycles. The van der Waals surface area contributed by atoms with E-state index in [-0.39, 0.29) is 23.2 Å². The van der Waals surface area contributed by atoms with E-state index in [1.807, 2.05) is 0 Å². The Bertz CT molecular complexity index is 646. The average Bonchev–Trinajstić information content (AvgIpc) is 2.44. The second-order valence-electron chi connectivity index (χ2n) is 4.92. The minimum atomic E-state index is -0.239. The number of phenolic OH excluding ortho intramolecular Hbond substituents is 2. The zero-order valence-electron chi connectivity index (χ0n) is 10.7. The monoisotopic (exact) mass is 270 g/mol. The largest absolute Gasteiger partial charge is 0.508 e. The third-order valence-corrected chi connectivity index (χ3v) is 3.46. The SMILES string of the molecule is O=C1c2ccc(O)cc2OC[C@@H]1Cc1ccc(O)cc1. The normalized spacial score (nSPS) is 17.4. The van der Waals surface area contributed by atoms with E-state index in [0.717, 1.165) is 5.56 Å². The van der Waals surface area contributed by atoms with Gasteiger partial charge >= 0.3 is 0 Å². The molecule has 2 aromatic rings. The van der Waals surface area contributed by atoms with Gasteiger partial charge < -0.3 is 14.9 Å². The molecular formula is C16H14O4. The molecule has 0 amide bonds. The van der Waals surface area contributed by atoms with E-state index >= 15 is 0 Å². The summed E-state index contributed by atoms with van der Waals surface area (Å²) in [5, 5.41) is 18.6. The molecule has 1 atom stereocenters. The number of aromatic hydroxyl groups is 2. The van der Waals surface area contributed by atoms with E-state index < -0.39 is 0 Å². The van der Waals surface area contributed by atoms with Gasteiger partial charge in [-0.15, -0.1) is 0 Å². The molecule has 102 valence electrons. The van der Waals surface area contributed by atoms with E-state index in [0.29, 0.717) is 24.3 Å². The highest BCUT2D eigenvalue weighted by molar-refractivity contribution is 6.01. The Balaban J connectivity index is 1.81. The Kier molecular flexibility index (Phi) is 3.06. The number of carbonyl (C=O) groups is 1. The van der Waals surface area contributed by atoms with E-state index in [4.69, 9.17) is 4.74 Å². The van der Waals surface area contributed by atoms with Crippen molar-refractivity contribution in [2.75, 3.05) is 6.61 Å². The molecule has 4 heteroatoms. The number of hydrogen-bond donors (Lipinski definition) is 2. The summed E-state index contributed by atoms with van der Waals surface area (Å²) >= 11 is 0. The van der Waals surface area contributed by atoms with E-state index in [1.165, 1.54) is 12.1 Å². The first-order chi connectivity index (χ1) is 9.63. The second kappa shape index (κ2) is 4.89. The third kappa shape index (κ3) is 2.32. The maximum atomic E-state index is 12.4. The van der Waals surface area contributed by atoms with Crippen LogP contribution < -0.4 is 4.74 Å². The summed E-state index contributed by atoms with van der Waals surface area (Å²) in [6.45, 7) is 0.302. The molecule has 0 spiro atoms. The lowest BCUT2D eigenvalue weighted by molar-refractivity contribution is 0.0830. The van der Waals surface area contributed by atoms with Gasteiger partial charge in [-0.2, -0.15) is 0 Å². The van der Waals surface area contributed by atoms with Gasteiger partial charge in [-0.1, -0.05) is 12.1 Å². The molecule has 0 aromatic heterocycles. The molecule has 0 bridgehead atoms. The van der Waals surface area contributed by atoms with Gasteiger partial charge in [0.2, 0.25) is 0 Å². The van der Waals surface area contributed by atoms with Crippen LogP contribution in [0.25, 0.3) is 0 Å². The van der Waals surface area contributed by atoms with Gasteiger partial charge in [0.05, 0.1) is 18.1 Å². The summed E-state index contributed by atoms with van der Waals surface area (Å²) < 4.78 is 5.55. The molecule has 1 aliphatic rings. The Labute approximate surface area is 116 Å². The number of carbonyl (C=O) groups excluding carboxylic acids is 1. The van der Waals surface area contributed by atoms with Crippen LogP contribution in [0.4, 0.5) is 0 Å². The van der Waals surface area contributed by atoms with Crippen molar-refractivity contribution in [3.05, 3.63) is 53.6 Å². The first kappa shape index (κ1) is 12.5. The fraction of sp³-hybridized carbons (Fsp3) is 0.188. The Hall–Kier alpha value is -2.49. The predicted octanol–water partition coefficient (Wildman–Crippen LogP) is 2.53. The smallest absolute Gasteiger partial charge is 0.173 e. The lowest BCUT2D eigenvalue weighted by Gasteiger charge is -2.24. The molecule has 2 aromatic carbocycles. The first-order valence-electron chi connectivity index (χ1n) is 6.41. The molecule has 0 unspecified atom stereocenters. The number of hydrogen-bond acceptors (Lipinski definition) is 4. The number of ketones is 1. The highest BCUT2D eigenvalue weighted by atomic mass is 16.5. The van der Waals surface area contributed by atoms with Crippen LogP contribution in [0.1, 0.15) is 15.9 Å². The van der Waals surface area contributed by atoms with Crippen LogP contribution in [0.3, 0.4) is 0 Å². The minimum absolute atomic E-state index is 0.0272. The van der Waals surface area contributed by atoms with Gasteiger partial charge in [0.25, 0.3) is 0 Å². The zero-order valence-corrected chi connectivity index (χ0v) is 10.7. The van der Waals surface area contributed by atoms with Gasteiger partial charge in [0.1, 0.15) is 17.2 Å². The Morgan fingerprint density at radius 3 is 2.50 bits per heavy atom. The van der Waals surface area contributed by atoms with E-state index in [1.54, 1.807) is 30.3 Å². The fourth-order valence-electron chi connectivity index (χ4n) is 2.39. The van der Waals surface area contributed by atoms with E-state index in [2.05, 4.69) is 0 Å². The standard InChI is InChI=1S/C16H14O4/c17-12-3-1-10(2-4-12)7-11-9-20-15-8-13(18)5-6-14(15)16(11)19/h1-6,8,11,17-18H,7,9H2/t11-/m0/s1. The molecule has 0 radical (unpaired) electrons. The van der Waals surface area contributed by atoms with Crippen molar-refractivity contribution >= 4 is 5.78 Å². The number of fused-ring (bicyclic) bond motifs is 1. The summed E-state index contributed by atoms with van der Waals surface area (Å²) in [6.07, 6.45) is 0.569. The number of phenols is 2. The number of Topliss-reactive ketones (excluding diaryl/α,β-unsaturated/α-hetero) is 1. The van der Waals surface area contributed by atoms with Crippen molar-refractivity contribution in [1.29, 1.82) is 0 Å². The van der Waals surface area contributed by atoms with Crippen molar-refractivity contribution in [3.63, 3.8) is 0 Å². The number of rotatable bonds is 2. The van der Waals surface area contributed by atoms with Crippen molar-refractivity contribution < 1.29 is 19.7 Å². The number of benzene rings is 2. The summed E-state index contributed by atoms with van der Waals surface area (Å²) in [4.78, 5) is 12.4. The predicted molar refractivity (Wildman–Crippen MR) is 73.2 cm³/mol. The van der Waals surface area contributed by atoms with E-state index in [9.17, 15) is 15.0 Å². The average molecular weight is 270 g/mol. The minimum Gasteiger partial charge on any atom is -0.508 e. The lowest BCUT2D eigenvalue weighted by Crippen LogP contribution is -2.29. The summed E-state index contributed by atoms with van der Waals surface area (Å²) in [6, 6.07) is 11.4. The van der Waals surface area contributed by atoms with Crippen molar-refractivity contribution in [3.8, 4) is 17.2 Å². The van der Waals surface area contributed by atoms with Crippen LogP contribution in [0, 0.1) is 5.92 Å². The summed E-state index contributed by atoms with van der Waals surface area (Å²) in [7, 11) is 0. The highest BCUT2D eigenvalue weighted by Crippen LogP contribution is 2.31. The molecule has 4 nitrogen and oxygen atoms in total. The second-order valence-corrected chi connectivity index (χ2v) is 4.92. The lowest BCUT2D eigenvalue weighted by atomic mass is 9.89. The topological polar surface area (TPSA) is 66.8 Å². The van der Waals surface area contributed by atoms with Crippen LogP contribution in [-0.2, 0) is 6.42 Å². The molecule has 1 aliphatic heterocycles. The molecule has 0 fully saturated rings. The molecule has 2 N–H and O–H groups in total. The third-order valence-electron chi connectivity index (χ3n) is 3.46. The first-order valence-corrected chi connectivity index (χ1v) is 6.41. The summed E-state index contributed by atoms with van der Waals surface area (Å²) in [5.74, 6) is 0.530. The number of ether oxygens (including phenoxy) is 1. The fourth-order valence-corrected chi connectivity index (χ4v) is 2.39. The van der Waals surface area contributed by atoms with Crippen LogP contribution in [-0.4, -0.2) is 22.6 Å². The van der Waals surface area contributed by atoms with Gasteiger partial charge in [-0.3, -0.25) is 4.79 Å². The zero-order chi connectivity index (χ0) is 14.1. The molecule has 20 heavy (non-hydrogen) atoms.